The predicted molar refractivity (Wildman–Crippen MR) is 128 cm³/mol. The number of carbonyl (C=O) groups excluding carboxylic acids is 2. The number of thiophene rings is 1. The molecule has 174 valence electrons. The van der Waals surface area contributed by atoms with Gasteiger partial charge in [-0.2, -0.15) is 0 Å². The van der Waals surface area contributed by atoms with Crippen molar-refractivity contribution < 1.29 is 18.7 Å². The van der Waals surface area contributed by atoms with E-state index in [0.29, 0.717) is 17.2 Å². The molecule has 33 heavy (non-hydrogen) atoms. The van der Waals surface area contributed by atoms with Gasteiger partial charge in [0.1, 0.15) is 17.6 Å². The molecule has 0 radical (unpaired) electrons. The van der Waals surface area contributed by atoms with Crippen LogP contribution in [0.25, 0.3) is 0 Å². The van der Waals surface area contributed by atoms with Gasteiger partial charge >= 0.3 is 0 Å². The van der Waals surface area contributed by atoms with E-state index in [0.717, 1.165) is 37.0 Å². The van der Waals surface area contributed by atoms with Crippen molar-refractivity contribution in [3.63, 3.8) is 0 Å². The average molecular weight is 467 g/mol. The molecule has 1 saturated carbocycles. The number of hydrogen-bond acceptors (Lipinski definition) is 5. The van der Waals surface area contributed by atoms with Crippen LogP contribution < -0.4 is 10.1 Å². The third-order valence-electron chi connectivity index (χ3n) is 5.92. The second-order valence-corrected chi connectivity index (χ2v) is 9.19. The van der Waals surface area contributed by atoms with E-state index in [9.17, 15) is 9.59 Å². The van der Waals surface area contributed by atoms with Crippen LogP contribution in [-0.4, -0.2) is 29.4 Å². The van der Waals surface area contributed by atoms with Gasteiger partial charge in [0.15, 0.2) is 0 Å². The Balaban J connectivity index is 1.69. The second kappa shape index (κ2) is 11.2. The van der Waals surface area contributed by atoms with Crippen LogP contribution in [0.2, 0.25) is 0 Å². The van der Waals surface area contributed by atoms with Crippen molar-refractivity contribution in [2.45, 2.75) is 57.7 Å². The fourth-order valence-electron chi connectivity index (χ4n) is 4.31. The van der Waals surface area contributed by atoms with Crippen LogP contribution in [-0.2, 0) is 11.3 Å². The third-order valence-corrected chi connectivity index (χ3v) is 6.78. The molecule has 7 heteroatoms. The molecule has 0 saturated heterocycles. The highest BCUT2D eigenvalue weighted by molar-refractivity contribution is 7.12. The molecule has 2 amide bonds. The molecule has 0 bridgehead atoms. The molecule has 2 heterocycles. The largest absolute Gasteiger partial charge is 0.494 e. The highest BCUT2D eigenvalue weighted by atomic mass is 32.1. The molecule has 0 spiro atoms. The van der Waals surface area contributed by atoms with Crippen molar-refractivity contribution in [2.75, 3.05) is 6.61 Å². The molecule has 1 aliphatic carbocycles. The van der Waals surface area contributed by atoms with Crippen molar-refractivity contribution in [1.82, 2.24) is 10.2 Å². The Kier molecular flexibility index (Phi) is 7.83. The topological polar surface area (TPSA) is 71.8 Å². The summed E-state index contributed by atoms with van der Waals surface area (Å²) in [6.07, 6.45) is 6.96. The third kappa shape index (κ3) is 5.85. The molecule has 6 nitrogen and oxygen atoms in total. The first-order chi connectivity index (χ1) is 16.2. The van der Waals surface area contributed by atoms with Gasteiger partial charge in [-0.25, -0.2) is 0 Å². The summed E-state index contributed by atoms with van der Waals surface area (Å²) in [6.45, 7) is 2.69. The molecule has 1 N–H and O–H groups in total. The molecule has 4 rings (SSSR count). The number of rotatable bonds is 9. The lowest BCUT2D eigenvalue weighted by Crippen LogP contribution is -2.46. The summed E-state index contributed by atoms with van der Waals surface area (Å²) in [6, 6.07) is 14.0. The van der Waals surface area contributed by atoms with Gasteiger partial charge in [-0.05, 0) is 61.0 Å². The predicted octanol–water partition coefficient (Wildman–Crippen LogP) is 5.57. The second-order valence-electron chi connectivity index (χ2n) is 8.24. The minimum atomic E-state index is -0.790. The zero-order valence-electron chi connectivity index (χ0n) is 18.9. The maximum atomic E-state index is 13.7. The number of hydrogen-bond donors (Lipinski definition) is 1. The Labute approximate surface area is 198 Å². The van der Waals surface area contributed by atoms with E-state index >= 15 is 0 Å². The van der Waals surface area contributed by atoms with Crippen LogP contribution >= 0.6 is 11.3 Å². The number of nitrogens with one attached hydrogen (secondary N) is 1. The Morgan fingerprint density at radius 2 is 1.91 bits per heavy atom. The van der Waals surface area contributed by atoms with Crippen LogP contribution in [0, 0.1) is 0 Å². The van der Waals surface area contributed by atoms with Gasteiger partial charge in [0.25, 0.3) is 5.91 Å². The van der Waals surface area contributed by atoms with Gasteiger partial charge in [0, 0.05) is 6.04 Å². The van der Waals surface area contributed by atoms with E-state index in [1.807, 2.05) is 48.7 Å². The molecule has 0 unspecified atom stereocenters. The summed E-state index contributed by atoms with van der Waals surface area (Å²) in [4.78, 5) is 29.5. The zero-order valence-corrected chi connectivity index (χ0v) is 19.7. The van der Waals surface area contributed by atoms with Crippen molar-refractivity contribution in [2.24, 2.45) is 0 Å². The average Bonchev–Trinajstić information content (AvgIpc) is 3.55. The molecule has 2 aromatic heterocycles. The van der Waals surface area contributed by atoms with E-state index in [1.54, 1.807) is 23.3 Å². The van der Waals surface area contributed by atoms with Crippen LogP contribution in [0.4, 0.5) is 0 Å². The summed E-state index contributed by atoms with van der Waals surface area (Å²) < 4.78 is 11.1. The molecule has 3 aromatic rings. The fraction of sp³-hybridized carbons (Fsp3) is 0.385. The SMILES string of the molecule is CCOc1ccc([C@H](C(=O)NC2CCCCC2)N(Cc2ccco2)C(=O)c2cccs2)cc1. The molecule has 1 aliphatic rings. The number of benzene rings is 1. The minimum Gasteiger partial charge on any atom is -0.494 e. The van der Waals surface area contributed by atoms with Crippen molar-refractivity contribution in [3.05, 3.63) is 76.4 Å². The van der Waals surface area contributed by atoms with Gasteiger partial charge in [0.05, 0.1) is 24.3 Å². The lowest BCUT2D eigenvalue weighted by Gasteiger charge is -2.32. The highest BCUT2D eigenvalue weighted by Crippen LogP contribution is 2.29. The lowest BCUT2D eigenvalue weighted by molar-refractivity contribution is -0.127. The maximum absolute atomic E-state index is 13.7. The zero-order chi connectivity index (χ0) is 23.0. The monoisotopic (exact) mass is 466 g/mol. The Morgan fingerprint density at radius 3 is 2.55 bits per heavy atom. The number of amides is 2. The molecule has 1 aromatic carbocycles. The van der Waals surface area contributed by atoms with Crippen molar-refractivity contribution in [1.29, 1.82) is 0 Å². The Hall–Kier alpha value is -3.06. The first-order valence-corrected chi connectivity index (χ1v) is 12.4. The first kappa shape index (κ1) is 23.1. The van der Waals surface area contributed by atoms with E-state index in [2.05, 4.69) is 5.32 Å². The quantitative estimate of drug-likeness (QED) is 0.447. The standard InChI is InChI=1S/C26H30N2O4S/c1-2-31-21-14-12-19(13-15-21)24(25(29)27-20-8-4-3-5-9-20)28(18-22-10-6-16-32-22)26(30)23-11-7-17-33-23/h6-7,10-17,20,24H,2-5,8-9,18H2,1H3,(H,27,29)/t24-/m1/s1. The summed E-state index contributed by atoms with van der Waals surface area (Å²) in [7, 11) is 0. The van der Waals surface area contributed by atoms with Gasteiger partial charge in [-0.1, -0.05) is 37.5 Å². The number of carbonyl (C=O) groups is 2. The van der Waals surface area contributed by atoms with Gasteiger partial charge in [-0.3, -0.25) is 9.59 Å². The van der Waals surface area contributed by atoms with Crippen molar-refractivity contribution in [3.8, 4) is 5.75 Å². The van der Waals surface area contributed by atoms with E-state index in [4.69, 9.17) is 9.15 Å². The van der Waals surface area contributed by atoms with Gasteiger partial charge in [-0.15, -0.1) is 11.3 Å². The van der Waals surface area contributed by atoms with Crippen LogP contribution in [0.3, 0.4) is 0 Å². The normalized spacial score (nSPS) is 15.1. The van der Waals surface area contributed by atoms with Gasteiger partial charge in [0.2, 0.25) is 5.91 Å². The summed E-state index contributed by atoms with van der Waals surface area (Å²) in [5, 5.41) is 5.09. The smallest absolute Gasteiger partial charge is 0.265 e. The summed E-state index contributed by atoms with van der Waals surface area (Å²) in [5.74, 6) is 0.998. The van der Waals surface area contributed by atoms with Crippen molar-refractivity contribution >= 4 is 23.2 Å². The first-order valence-electron chi connectivity index (χ1n) is 11.6. The summed E-state index contributed by atoms with van der Waals surface area (Å²) in [5.41, 5.74) is 0.739. The maximum Gasteiger partial charge on any atom is 0.265 e. The fourth-order valence-corrected chi connectivity index (χ4v) is 4.98. The highest BCUT2D eigenvalue weighted by Gasteiger charge is 2.34. The van der Waals surface area contributed by atoms with Crippen LogP contribution in [0.5, 0.6) is 5.75 Å². The van der Waals surface area contributed by atoms with E-state index < -0.39 is 6.04 Å². The Morgan fingerprint density at radius 1 is 1.12 bits per heavy atom. The molecule has 0 aliphatic heterocycles. The number of ether oxygens (including phenoxy) is 1. The lowest BCUT2D eigenvalue weighted by atomic mass is 9.94. The van der Waals surface area contributed by atoms with Crippen LogP contribution in [0.15, 0.2) is 64.6 Å². The molecule has 1 fully saturated rings. The van der Waals surface area contributed by atoms with Crippen LogP contribution in [0.1, 0.15) is 66.1 Å². The van der Waals surface area contributed by atoms with E-state index in [1.165, 1.54) is 17.8 Å². The Bertz CT molecular complexity index is 1010. The summed E-state index contributed by atoms with van der Waals surface area (Å²) >= 11 is 1.37. The minimum absolute atomic E-state index is 0.138. The van der Waals surface area contributed by atoms with E-state index in [-0.39, 0.29) is 24.4 Å². The number of furan rings is 1. The molecular weight excluding hydrogens is 436 g/mol. The molecular formula is C26H30N2O4S. The molecule has 1 atom stereocenters. The van der Waals surface area contributed by atoms with Gasteiger partial charge < -0.3 is 19.4 Å². The number of nitrogens with zero attached hydrogens (tertiary/aromatic N) is 1.